The van der Waals surface area contributed by atoms with E-state index in [0.717, 1.165) is 11.5 Å². The summed E-state index contributed by atoms with van der Waals surface area (Å²) in [5, 5.41) is 0.580. The van der Waals surface area contributed by atoms with Crippen LogP contribution < -0.4 is 4.90 Å². The fourth-order valence-corrected chi connectivity index (χ4v) is 1.50. The molecule has 2 nitrogen and oxygen atoms in total. The minimum absolute atomic E-state index is 0.265. The van der Waals surface area contributed by atoms with Gasteiger partial charge in [-0.25, -0.2) is 9.37 Å². The Labute approximate surface area is 98.3 Å². The van der Waals surface area contributed by atoms with Crippen molar-refractivity contribution in [1.29, 1.82) is 0 Å². The quantitative estimate of drug-likeness (QED) is 0.791. The zero-order valence-electron chi connectivity index (χ0n) is 8.69. The molecule has 1 aromatic heterocycles. The van der Waals surface area contributed by atoms with Crippen LogP contribution >= 0.6 is 11.6 Å². The average Bonchev–Trinajstić information content (AvgIpc) is 2.29. The number of nitrogens with zero attached hydrogens (tertiary/aromatic N) is 2. The van der Waals surface area contributed by atoms with Crippen molar-refractivity contribution in [3.05, 3.63) is 53.4 Å². The standard InChI is InChI=1S/C12H10ClFN2/c1-16(11-4-2-3-10(14)7-11)12-6-5-9(13)8-15-12/h2-8H,1H3. The summed E-state index contributed by atoms with van der Waals surface area (Å²) in [5.74, 6) is 0.452. The smallest absolute Gasteiger partial charge is 0.132 e. The number of halogens is 2. The molecule has 0 saturated heterocycles. The Hall–Kier alpha value is -1.61. The van der Waals surface area contributed by atoms with Crippen LogP contribution in [0.5, 0.6) is 0 Å². The van der Waals surface area contributed by atoms with Gasteiger partial charge >= 0.3 is 0 Å². The average molecular weight is 237 g/mol. The first-order valence-electron chi connectivity index (χ1n) is 4.77. The third-order valence-electron chi connectivity index (χ3n) is 2.25. The molecule has 16 heavy (non-hydrogen) atoms. The lowest BCUT2D eigenvalue weighted by Crippen LogP contribution is -2.10. The van der Waals surface area contributed by atoms with Crippen molar-refractivity contribution in [1.82, 2.24) is 4.98 Å². The molecule has 0 bridgehead atoms. The molecule has 0 atom stereocenters. The maximum absolute atomic E-state index is 13.0. The van der Waals surface area contributed by atoms with Gasteiger partial charge in [0.2, 0.25) is 0 Å². The van der Waals surface area contributed by atoms with Crippen molar-refractivity contribution in [3.63, 3.8) is 0 Å². The SMILES string of the molecule is CN(c1cccc(F)c1)c1ccc(Cl)cn1. The molecule has 0 radical (unpaired) electrons. The lowest BCUT2D eigenvalue weighted by Gasteiger charge is -2.18. The van der Waals surface area contributed by atoms with Crippen LogP contribution in [-0.2, 0) is 0 Å². The second-order valence-electron chi connectivity index (χ2n) is 3.37. The van der Waals surface area contributed by atoms with Gasteiger partial charge in [-0.1, -0.05) is 17.7 Å². The van der Waals surface area contributed by atoms with Crippen LogP contribution in [0.15, 0.2) is 42.6 Å². The lowest BCUT2D eigenvalue weighted by molar-refractivity contribution is 0.628. The summed E-state index contributed by atoms with van der Waals surface area (Å²) in [6.45, 7) is 0. The number of rotatable bonds is 2. The Morgan fingerprint density at radius 3 is 2.69 bits per heavy atom. The molecule has 0 aliphatic rings. The van der Waals surface area contributed by atoms with E-state index < -0.39 is 0 Å². The number of anilines is 2. The first-order chi connectivity index (χ1) is 7.66. The molecular weight excluding hydrogens is 227 g/mol. The fraction of sp³-hybridized carbons (Fsp3) is 0.0833. The van der Waals surface area contributed by atoms with Crippen LogP contribution in [0.3, 0.4) is 0 Å². The van der Waals surface area contributed by atoms with Crippen LogP contribution in [-0.4, -0.2) is 12.0 Å². The first kappa shape index (κ1) is 10.9. The highest BCUT2D eigenvalue weighted by Gasteiger charge is 2.05. The molecule has 0 unspecified atom stereocenters. The van der Waals surface area contributed by atoms with E-state index in [1.54, 1.807) is 29.3 Å². The number of pyridine rings is 1. The van der Waals surface area contributed by atoms with Gasteiger partial charge in [-0.15, -0.1) is 0 Å². The summed E-state index contributed by atoms with van der Waals surface area (Å²) in [4.78, 5) is 5.95. The van der Waals surface area contributed by atoms with E-state index in [1.165, 1.54) is 12.1 Å². The number of hydrogen-bond donors (Lipinski definition) is 0. The fourth-order valence-electron chi connectivity index (χ4n) is 1.38. The van der Waals surface area contributed by atoms with Crippen LogP contribution in [0.1, 0.15) is 0 Å². The molecule has 0 N–H and O–H groups in total. The molecule has 0 saturated carbocycles. The van der Waals surface area contributed by atoms with Gasteiger partial charge in [0.05, 0.1) is 5.02 Å². The van der Waals surface area contributed by atoms with Crippen molar-refractivity contribution < 1.29 is 4.39 Å². The Morgan fingerprint density at radius 2 is 2.06 bits per heavy atom. The van der Waals surface area contributed by atoms with E-state index in [2.05, 4.69) is 4.98 Å². The van der Waals surface area contributed by atoms with Gasteiger partial charge in [0.1, 0.15) is 11.6 Å². The van der Waals surface area contributed by atoms with Crippen LogP contribution in [0.4, 0.5) is 15.9 Å². The van der Waals surface area contributed by atoms with Crippen LogP contribution in [0.2, 0.25) is 5.02 Å². The predicted octanol–water partition coefficient (Wildman–Crippen LogP) is 3.64. The maximum Gasteiger partial charge on any atom is 0.132 e. The summed E-state index contributed by atoms with van der Waals surface area (Å²) in [5.41, 5.74) is 0.745. The number of aromatic nitrogens is 1. The number of hydrogen-bond acceptors (Lipinski definition) is 2. The zero-order valence-corrected chi connectivity index (χ0v) is 9.45. The van der Waals surface area contributed by atoms with Gasteiger partial charge in [-0.3, -0.25) is 0 Å². The van der Waals surface area contributed by atoms with E-state index in [0.29, 0.717) is 5.02 Å². The summed E-state index contributed by atoms with van der Waals surface area (Å²) < 4.78 is 13.0. The van der Waals surface area contributed by atoms with Gasteiger partial charge in [-0.05, 0) is 30.3 Å². The molecular formula is C12H10ClFN2. The molecule has 1 heterocycles. The Balaban J connectivity index is 2.31. The second kappa shape index (κ2) is 4.49. The number of benzene rings is 1. The highest BCUT2D eigenvalue weighted by atomic mass is 35.5. The Morgan fingerprint density at radius 1 is 1.25 bits per heavy atom. The molecule has 4 heteroatoms. The first-order valence-corrected chi connectivity index (χ1v) is 5.15. The molecule has 0 amide bonds. The van der Waals surface area contributed by atoms with Gasteiger partial charge in [0.15, 0.2) is 0 Å². The minimum Gasteiger partial charge on any atom is -0.329 e. The van der Waals surface area contributed by atoms with E-state index in [9.17, 15) is 4.39 Å². The third-order valence-corrected chi connectivity index (χ3v) is 2.47. The third kappa shape index (κ3) is 2.31. The van der Waals surface area contributed by atoms with Gasteiger partial charge in [-0.2, -0.15) is 0 Å². The summed E-state index contributed by atoms with van der Waals surface area (Å²) in [7, 11) is 1.82. The maximum atomic E-state index is 13.0. The normalized spacial score (nSPS) is 10.2. The van der Waals surface area contributed by atoms with Crippen molar-refractivity contribution in [2.24, 2.45) is 0 Å². The van der Waals surface area contributed by atoms with Crippen molar-refractivity contribution >= 4 is 23.1 Å². The largest absolute Gasteiger partial charge is 0.329 e. The van der Waals surface area contributed by atoms with E-state index in [4.69, 9.17) is 11.6 Å². The highest BCUT2D eigenvalue weighted by Crippen LogP contribution is 2.22. The molecule has 1 aromatic carbocycles. The molecule has 0 spiro atoms. The molecule has 2 rings (SSSR count). The highest BCUT2D eigenvalue weighted by molar-refractivity contribution is 6.30. The summed E-state index contributed by atoms with van der Waals surface area (Å²) >= 11 is 5.75. The second-order valence-corrected chi connectivity index (χ2v) is 3.81. The monoisotopic (exact) mass is 236 g/mol. The molecule has 2 aromatic rings. The minimum atomic E-state index is -0.265. The predicted molar refractivity (Wildman–Crippen MR) is 63.7 cm³/mol. The Bertz CT molecular complexity index is 485. The van der Waals surface area contributed by atoms with E-state index in [-0.39, 0.29) is 5.82 Å². The molecule has 0 aliphatic heterocycles. The molecule has 0 fully saturated rings. The Kier molecular flexibility index (Phi) is 3.06. The summed E-state index contributed by atoms with van der Waals surface area (Å²) in [6.07, 6.45) is 1.56. The topological polar surface area (TPSA) is 16.1 Å². The van der Waals surface area contributed by atoms with E-state index in [1.807, 2.05) is 13.1 Å². The van der Waals surface area contributed by atoms with Crippen LogP contribution in [0.25, 0.3) is 0 Å². The van der Waals surface area contributed by atoms with Crippen molar-refractivity contribution in [3.8, 4) is 0 Å². The van der Waals surface area contributed by atoms with E-state index >= 15 is 0 Å². The van der Waals surface area contributed by atoms with Gasteiger partial charge in [0.25, 0.3) is 0 Å². The lowest BCUT2D eigenvalue weighted by atomic mass is 10.3. The zero-order chi connectivity index (χ0) is 11.5. The molecule has 0 aliphatic carbocycles. The van der Waals surface area contributed by atoms with Crippen LogP contribution in [0, 0.1) is 5.82 Å². The van der Waals surface area contributed by atoms with Gasteiger partial charge in [0, 0.05) is 18.9 Å². The van der Waals surface area contributed by atoms with Crippen molar-refractivity contribution in [2.45, 2.75) is 0 Å². The summed E-state index contributed by atoms with van der Waals surface area (Å²) in [6, 6.07) is 9.88. The van der Waals surface area contributed by atoms with Gasteiger partial charge < -0.3 is 4.90 Å². The van der Waals surface area contributed by atoms with Crippen molar-refractivity contribution in [2.75, 3.05) is 11.9 Å². The molecule has 82 valence electrons.